The minimum atomic E-state index is -0.709. The number of methoxy groups -OCH3 is 1. The van der Waals surface area contributed by atoms with Crippen LogP contribution >= 0.6 is 0 Å². The molecule has 1 aliphatic rings. The van der Waals surface area contributed by atoms with E-state index in [1.54, 1.807) is 11.8 Å². The Hall–Kier alpha value is -2.31. The number of carbonyl (C=O) groups is 2. The number of primary amides is 1. The summed E-state index contributed by atoms with van der Waals surface area (Å²) in [6, 6.07) is 2.44. The SMILES string of the molecule is COC(=O)c1cc(N2CCC(C)(C(N)=O)C2)c(F)cc1N. The number of hydrogen-bond acceptors (Lipinski definition) is 5. The highest BCUT2D eigenvalue weighted by Gasteiger charge is 2.39. The van der Waals surface area contributed by atoms with Crippen LogP contribution in [0.25, 0.3) is 0 Å². The van der Waals surface area contributed by atoms with E-state index in [4.69, 9.17) is 11.5 Å². The molecule has 114 valence electrons. The van der Waals surface area contributed by atoms with Gasteiger partial charge in [-0.05, 0) is 25.5 Å². The third kappa shape index (κ3) is 2.63. The van der Waals surface area contributed by atoms with Gasteiger partial charge in [0.15, 0.2) is 0 Å². The molecule has 0 aliphatic carbocycles. The molecule has 6 nitrogen and oxygen atoms in total. The quantitative estimate of drug-likeness (QED) is 0.637. The summed E-state index contributed by atoms with van der Waals surface area (Å²) in [5, 5.41) is 0. The molecule has 0 radical (unpaired) electrons. The first-order valence-electron chi connectivity index (χ1n) is 6.50. The van der Waals surface area contributed by atoms with E-state index in [9.17, 15) is 14.0 Å². The molecule has 0 bridgehead atoms. The van der Waals surface area contributed by atoms with Crippen LogP contribution < -0.4 is 16.4 Å². The lowest BCUT2D eigenvalue weighted by atomic mass is 9.89. The number of nitrogen functional groups attached to an aromatic ring is 1. The van der Waals surface area contributed by atoms with Gasteiger partial charge in [0.05, 0.1) is 23.8 Å². The third-order valence-corrected chi connectivity index (χ3v) is 3.93. The Morgan fingerprint density at radius 2 is 2.10 bits per heavy atom. The van der Waals surface area contributed by atoms with Crippen LogP contribution in [-0.2, 0) is 9.53 Å². The summed E-state index contributed by atoms with van der Waals surface area (Å²) in [4.78, 5) is 24.8. The van der Waals surface area contributed by atoms with Crippen molar-refractivity contribution in [3.63, 3.8) is 0 Å². The average Bonchev–Trinajstić information content (AvgIpc) is 2.82. The van der Waals surface area contributed by atoms with Gasteiger partial charge in [-0.3, -0.25) is 4.79 Å². The zero-order valence-corrected chi connectivity index (χ0v) is 12.0. The lowest BCUT2D eigenvalue weighted by Gasteiger charge is -2.23. The Morgan fingerprint density at radius 3 is 2.62 bits per heavy atom. The molecule has 1 aromatic rings. The Kier molecular flexibility index (Phi) is 3.76. The Bertz CT molecular complexity index is 605. The van der Waals surface area contributed by atoms with E-state index in [0.717, 1.165) is 6.07 Å². The molecule has 1 aliphatic heterocycles. The topological polar surface area (TPSA) is 98.6 Å². The van der Waals surface area contributed by atoms with Gasteiger partial charge >= 0.3 is 5.97 Å². The van der Waals surface area contributed by atoms with Crippen molar-refractivity contribution in [2.75, 3.05) is 30.8 Å². The Balaban J connectivity index is 2.37. The van der Waals surface area contributed by atoms with Crippen molar-refractivity contribution in [2.24, 2.45) is 11.1 Å². The van der Waals surface area contributed by atoms with Crippen LogP contribution in [0.3, 0.4) is 0 Å². The predicted octanol–water partition coefficient (Wildman–Crippen LogP) is 0.896. The lowest BCUT2D eigenvalue weighted by Crippen LogP contribution is -2.37. The van der Waals surface area contributed by atoms with E-state index in [0.29, 0.717) is 19.5 Å². The summed E-state index contributed by atoms with van der Waals surface area (Å²) < 4.78 is 18.7. The van der Waals surface area contributed by atoms with Crippen molar-refractivity contribution in [3.05, 3.63) is 23.5 Å². The number of hydrogen-bond donors (Lipinski definition) is 2. The molecule has 1 unspecified atom stereocenters. The number of esters is 1. The largest absolute Gasteiger partial charge is 0.465 e. The predicted molar refractivity (Wildman–Crippen MR) is 76.3 cm³/mol. The lowest BCUT2D eigenvalue weighted by molar-refractivity contribution is -0.125. The van der Waals surface area contributed by atoms with Gasteiger partial charge in [0, 0.05) is 18.8 Å². The fourth-order valence-electron chi connectivity index (χ4n) is 2.47. The van der Waals surface area contributed by atoms with Crippen molar-refractivity contribution in [3.8, 4) is 0 Å². The highest BCUT2D eigenvalue weighted by Crippen LogP contribution is 2.35. The summed E-state index contributed by atoms with van der Waals surface area (Å²) in [5.41, 5.74) is 10.6. The molecule has 21 heavy (non-hydrogen) atoms. The monoisotopic (exact) mass is 295 g/mol. The van der Waals surface area contributed by atoms with Gasteiger partial charge in [-0.2, -0.15) is 0 Å². The van der Waals surface area contributed by atoms with E-state index < -0.39 is 23.1 Å². The van der Waals surface area contributed by atoms with Crippen molar-refractivity contribution in [2.45, 2.75) is 13.3 Å². The number of nitrogens with zero attached hydrogens (tertiary/aromatic N) is 1. The second-order valence-corrected chi connectivity index (χ2v) is 5.48. The van der Waals surface area contributed by atoms with Crippen LogP contribution in [0.5, 0.6) is 0 Å². The average molecular weight is 295 g/mol. The van der Waals surface area contributed by atoms with Crippen molar-refractivity contribution in [1.29, 1.82) is 0 Å². The fourth-order valence-corrected chi connectivity index (χ4v) is 2.47. The molecule has 2 rings (SSSR count). The molecule has 7 heteroatoms. The van der Waals surface area contributed by atoms with Crippen molar-refractivity contribution >= 4 is 23.3 Å². The fraction of sp³-hybridized carbons (Fsp3) is 0.429. The van der Waals surface area contributed by atoms with Crippen LogP contribution in [0.15, 0.2) is 12.1 Å². The van der Waals surface area contributed by atoms with Gasteiger partial charge < -0.3 is 21.1 Å². The van der Waals surface area contributed by atoms with E-state index in [1.165, 1.54) is 13.2 Å². The maximum Gasteiger partial charge on any atom is 0.340 e. The maximum atomic E-state index is 14.1. The number of amides is 1. The highest BCUT2D eigenvalue weighted by molar-refractivity contribution is 5.96. The van der Waals surface area contributed by atoms with Crippen LogP contribution in [0.4, 0.5) is 15.8 Å². The molecule has 1 aromatic carbocycles. The number of halogens is 1. The van der Waals surface area contributed by atoms with Gasteiger partial charge in [-0.25, -0.2) is 9.18 Å². The normalized spacial score (nSPS) is 21.4. The van der Waals surface area contributed by atoms with E-state index in [1.807, 2.05) is 0 Å². The summed E-state index contributed by atoms with van der Waals surface area (Å²) in [7, 11) is 1.23. The maximum absolute atomic E-state index is 14.1. The molecular formula is C14H18FN3O3. The Morgan fingerprint density at radius 1 is 1.43 bits per heavy atom. The molecule has 0 saturated carbocycles. The van der Waals surface area contributed by atoms with Crippen molar-refractivity contribution in [1.82, 2.24) is 0 Å². The molecule has 4 N–H and O–H groups in total. The second-order valence-electron chi connectivity index (χ2n) is 5.48. The first kappa shape index (κ1) is 15.1. The van der Waals surface area contributed by atoms with E-state index in [-0.39, 0.29) is 16.9 Å². The van der Waals surface area contributed by atoms with E-state index >= 15 is 0 Å². The highest BCUT2D eigenvalue weighted by atomic mass is 19.1. The molecule has 1 saturated heterocycles. The first-order valence-corrected chi connectivity index (χ1v) is 6.50. The number of rotatable bonds is 3. The van der Waals surface area contributed by atoms with Crippen LogP contribution in [0.1, 0.15) is 23.7 Å². The molecule has 0 aromatic heterocycles. The van der Waals surface area contributed by atoms with Gasteiger partial charge in [0.2, 0.25) is 5.91 Å². The summed E-state index contributed by atoms with van der Waals surface area (Å²) in [6.07, 6.45) is 0.527. The number of anilines is 2. The number of carbonyl (C=O) groups excluding carboxylic acids is 2. The van der Waals surface area contributed by atoms with E-state index in [2.05, 4.69) is 4.74 Å². The molecule has 1 heterocycles. The van der Waals surface area contributed by atoms with Gasteiger partial charge in [0.25, 0.3) is 0 Å². The first-order chi connectivity index (χ1) is 9.78. The van der Waals surface area contributed by atoms with Crippen molar-refractivity contribution < 1.29 is 18.7 Å². The van der Waals surface area contributed by atoms with Gasteiger partial charge in [-0.1, -0.05) is 0 Å². The van der Waals surface area contributed by atoms with Gasteiger partial charge in [-0.15, -0.1) is 0 Å². The van der Waals surface area contributed by atoms with Gasteiger partial charge in [0.1, 0.15) is 5.82 Å². The third-order valence-electron chi connectivity index (χ3n) is 3.93. The summed E-state index contributed by atoms with van der Waals surface area (Å²) in [5.74, 6) is -1.60. The number of benzene rings is 1. The van der Waals surface area contributed by atoms with Crippen LogP contribution in [-0.4, -0.2) is 32.1 Å². The summed E-state index contributed by atoms with van der Waals surface area (Å²) in [6.45, 7) is 2.51. The van der Waals surface area contributed by atoms with Crippen LogP contribution in [0, 0.1) is 11.2 Å². The van der Waals surface area contributed by atoms with Crippen LogP contribution in [0.2, 0.25) is 0 Å². The molecule has 1 atom stereocenters. The zero-order chi connectivity index (χ0) is 15.8. The minimum Gasteiger partial charge on any atom is -0.465 e. The Labute approximate surface area is 121 Å². The minimum absolute atomic E-state index is 0.0139. The smallest absolute Gasteiger partial charge is 0.340 e. The second kappa shape index (κ2) is 5.23. The summed E-state index contributed by atoms with van der Waals surface area (Å²) >= 11 is 0. The standard InChI is InChI=1S/C14H18FN3O3/c1-14(13(17)20)3-4-18(7-14)11-5-8(12(19)21-2)10(16)6-9(11)15/h5-6H,3-4,7,16H2,1-2H3,(H2,17,20). The molecule has 1 fully saturated rings. The number of nitrogens with two attached hydrogens (primary N) is 2. The molecule has 0 spiro atoms. The number of ether oxygens (including phenoxy) is 1. The molecule has 1 amide bonds. The molecular weight excluding hydrogens is 277 g/mol. The zero-order valence-electron chi connectivity index (χ0n) is 12.0.